The van der Waals surface area contributed by atoms with Crippen molar-refractivity contribution in [3.05, 3.63) is 23.3 Å². The first-order valence-electron chi connectivity index (χ1n) is 16.2. The molecule has 0 bridgehead atoms. The van der Waals surface area contributed by atoms with Crippen LogP contribution in [0.1, 0.15) is 96.0 Å². The van der Waals surface area contributed by atoms with Gasteiger partial charge >= 0.3 is 12.1 Å². The highest BCUT2D eigenvalue weighted by molar-refractivity contribution is 6.05. The number of carbonyl (C=O) groups excluding carboxylic acids is 5. The quantitative estimate of drug-likeness (QED) is 0.302. The maximum atomic E-state index is 14.3. The van der Waals surface area contributed by atoms with Crippen LogP contribution in [-0.2, 0) is 23.9 Å². The number of carbonyl (C=O) groups is 5. The molecular formula is C33H48N4O8. The summed E-state index contributed by atoms with van der Waals surface area (Å²) in [6, 6.07) is 3.10. The molecule has 12 heteroatoms. The molecule has 2 fully saturated rings. The van der Waals surface area contributed by atoms with Crippen LogP contribution in [0.2, 0.25) is 0 Å². The van der Waals surface area contributed by atoms with E-state index in [1.807, 2.05) is 26.8 Å². The van der Waals surface area contributed by atoms with Gasteiger partial charge in [0.2, 0.25) is 12.2 Å². The first-order chi connectivity index (χ1) is 21.3. The Bertz CT molecular complexity index is 1310. The van der Waals surface area contributed by atoms with Crippen LogP contribution in [0.4, 0.5) is 10.5 Å². The summed E-state index contributed by atoms with van der Waals surface area (Å²) >= 11 is 0. The summed E-state index contributed by atoms with van der Waals surface area (Å²) in [5.74, 6) is -0.701. The highest BCUT2D eigenvalue weighted by Gasteiger charge is 2.52. The molecule has 1 saturated heterocycles. The number of amides is 4. The Morgan fingerprint density at radius 3 is 2.40 bits per heavy atom. The maximum Gasteiger partial charge on any atom is 0.412 e. The number of hydrogen-bond donors (Lipinski definition) is 1. The Labute approximate surface area is 265 Å². The fraction of sp³-hybridized carbons (Fsp3) is 0.667. The number of esters is 1. The van der Waals surface area contributed by atoms with Gasteiger partial charge in [0, 0.05) is 51.1 Å². The fourth-order valence-electron chi connectivity index (χ4n) is 6.12. The van der Waals surface area contributed by atoms with Crippen molar-refractivity contribution in [3.8, 4) is 5.75 Å². The number of anilines is 1. The molecule has 248 valence electrons. The highest BCUT2D eigenvalue weighted by Crippen LogP contribution is 2.47. The Morgan fingerprint density at radius 1 is 1.09 bits per heavy atom. The summed E-state index contributed by atoms with van der Waals surface area (Å²) in [5, 5.41) is 2.84. The normalized spacial score (nSPS) is 19.4. The first kappa shape index (κ1) is 34.1. The minimum Gasteiger partial charge on any atom is -0.475 e. The SMILES string of the molecule is CCC(=O)NCCN1C(=O)C2(CCC2)Oc2cc(C)c(C(=O)N(C(C)C)[C@@H]3CCCN(C(=O)OC(C)OC(=O)C(C)C)C3)cc21. The second-order valence-corrected chi connectivity index (χ2v) is 12.8. The molecular weight excluding hydrogens is 580 g/mol. The summed E-state index contributed by atoms with van der Waals surface area (Å²) in [7, 11) is 0. The number of rotatable bonds is 10. The van der Waals surface area contributed by atoms with Gasteiger partial charge in [0.05, 0.1) is 17.6 Å². The zero-order valence-electron chi connectivity index (χ0n) is 27.6. The van der Waals surface area contributed by atoms with E-state index in [0.717, 1.165) is 12.0 Å². The summed E-state index contributed by atoms with van der Waals surface area (Å²) in [4.78, 5) is 69.7. The van der Waals surface area contributed by atoms with Crippen molar-refractivity contribution in [1.29, 1.82) is 0 Å². The third-order valence-electron chi connectivity index (χ3n) is 8.77. The van der Waals surface area contributed by atoms with E-state index in [-0.39, 0.29) is 55.4 Å². The van der Waals surface area contributed by atoms with Gasteiger partial charge in [-0.3, -0.25) is 19.2 Å². The van der Waals surface area contributed by atoms with Gasteiger partial charge in [-0.2, -0.15) is 0 Å². The first-order valence-corrected chi connectivity index (χ1v) is 16.2. The molecule has 1 N–H and O–H groups in total. The number of nitrogens with zero attached hydrogens (tertiary/aromatic N) is 3. The average Bonchev–Trinajstić information content (AvgIpc) is 2.96. The van der Waals surface area contributed by atoms with Crippen molar-refractivity contribution in [1.82, 2.24) is 15.1 Å². The maximum absolute atomic E-state index is 14.3. The predicted molar refractivity (Wildman–Crippen MR) is 167 cm³/mol. The largest absolute Gasteiger partial charge is 0.475 e. The van der Waals surface area contributed by atoms with Gasteiger partial charge in [-0.1, -0.05) is 20.8 Å². The van der Waals surface area contributed by atoms with Gasteiger partial charge in [0.15, 0.2) is 5.60 Å². The second-order valence-electron chi connectivity index (χ2n) is 12.8. The highest BCUT2D eigenvalue weighted by atomic mass is 16.7. The third kappa shape index (κ3) is 7.36. The van der Waals surface area contributed by atoms with Crippen LogP contribution in [0.25, 0.3) is 0 Å². The average molecular weight is 629 g/mol. The van der Waals surface area contributed by atoms with Crippen molar-refractivity contribution in [2.75, 3.05) is 31.1 Å². The zero-order chi connectivity index (χ0) is 33.1. The minimum atomic E-state index is -1.03. The smallest absolute Gasteiger partial charge is 0.412 e. The van der Waals surface area contributed by atoms with Crippen LogP contribution >= 0.6 is 0 Å². The number of benzene rings is 1. The number of likely N-dealkylation sites (tertiary alicyclic amines) is 1. The van der Waals surface area contributed by atoms with Gasteiger partial charge < -0.3 is 34.2 Å². The van der Waals surface area contributed by atoms with Crippen LogP contribution in [0.15, 0.2) is 12.1 Å². The van der Waals surface area contributed by atoms with E-state index in [1.165, 1.54) is 6.92 Å². The van der Waals surface area contributed by atoms with E-state index in [4.69, 9.17) is 14.2 Å². The van der Waals surface area contributed by atoms with Gasteiger partial charge in [0.25, 0.3) is 11.8 Å². The molecule has 0 radical (unpaired) electrons. The van der Waals surface area contributed by atoms with Crippen LogP contribution < -0.4 is 15.0 Å². The van der Waals surface area contributed by atoms with E-state index in [9.17, 15) is 24.0 Å². The molecule has 4 rings (SSSR count). The van der Waals surface area contributed by atoms with Crippen LogP contribution in [0.3, 0.4) is 0 Å². The van der Waals surface area contributed by atoms with Crippen molar-refractivity contribution < 1.29 is 38.2 Å². The standard InChI is InChI=1S/C33H48N4O8/c1-8-28(38)34-14-16-36-26-18-25(22(6)17-27(26)45-33(31(36)41)12-10-13-33)29(39)37(21(4)5)24-11-9-15-35(19-24)32(42)44-23(7)43-30(40)20(2)3/h17-18,20-21,23-24H,8-16,19H2,1-7H3,(H,34,38)/t23?,24-/m1/s1. The second kappa shape index (κ2) is 14.1. The summed E-state index contributed by atoms with van der Waals surface area (Å²) in [5.41, 5.74) is 0.786. The van der Waals surface area contributed by atoms with Gasteiger partial charge in [-0.25, -0.2) is 4.79 Å². The van der Waals surface area contributed by atoms with E-state index in [0.29, 0.717) is 55.6 Å². The number of ether oxygens (including phenoxy) is 3. The molecule has 1 saturated carbocycles. The summed E-state index contributed by atoms with van der Waals surface area (Å²) in [6.07, 6.45) is 2.24. The molecule has 2 aliphatic heterocycles. The molecule has 2 atom stereocenters. The van der Waals surface area contributed by atoms with E-state index in [2.05, 4.69) is 5.32 Å². The van der Waals surface area contributed by atoms with Gasteiger partial charge in [-0.15, -0.1) is 0 Å². The molecule has 1 spiro atoms. The van der Waals surface area contributed by atoms with Crippen LogP contribution in [-0.4, -0.2) is 89.7 Å². The van der Waals surface area contributed by atoms with E-state index in [1.54, 1.807) is 41.5 Å². The molecule has 1 unspecified atom stereocenters. The number of fused-ring (bicyclic) bond motifs is 1. The fourth-order valence-corrected chi connectivity index (χ4v) is 6.12. The Kier molecular flexibility index (Phi) is 10.7. The molecule has 1 aromatic rings. The minimum absolute atomic E-state index is 0.0990. The van der Waals surface area contributed by atoms with Crippen LogP contribution in [0.5, 0.6) is 5.75 Å². The number of piperidine rings is 1. The summed E-state index contributed by atoms with van der Waals surface area (Å²) < 4.78 is 16.9. The molecule has 2 heterocycles. The predicted octanol–water partition coefficient (Wildman–Crippen LogP) is 4.17. The lowest BCUT2D eigenvalue weighted by Gasteiger charge is -2.47. The van der Waals surface area contributed by atoms with E-state index >= 15 is 0 Å². The third-order valence-corrected chi connectivity index (χ3v) is 8.77. The van der Waals surface area contributed by atoms with Crippen molar-refractivity contribution in [2.45, 2.75) is 111 Å². The molecule has 0 aromatic heterocycles. The Hall–Kier alpha value is -3.83. The number of aryl methyl sites for hydroxylation is 1. The lowest BCUT2D eigenvalue weighted by molar-refractivity contribution is -0.170. The molecule has 12 nitrogen and oxygen atoms in total. The molecule has 45 heavy (non-hydrogen) atoms. The molecule has 1 aliphatic carbocycles. The number of hydrogen-bond acceptors (Lipinski definition) is 8. The van der Waals surface area contributed by atoms with Crippen LogP contribution in [0, 0.1) is 12.8 Å². The van der Waals surface area contributed by atoms with Gasteiger partial charge in [-0.05, 0) is 70.6 Å². The van der Waals surface area contributed by atoms with Crippen molar-refractivity contribution in [2.24, 2.45) is 5.92 Å². The number of nitrogens with one attached hydrogen (secondary N) is 1. The van der Waals surface area contributed by atoms with E-state index < -0.39 is 24.0 Å². The van der Waals surface area contributed by atoms with Gasteiger partial charge in [0.1, 0.15) is 5.75 Å². The topological polar surface area (TPSA) is 135 Å². The zero-order valence-corrected chi connectivity index (χ0v) is 27.6. The summed E-state index contributed by atoms with van der Waals surface area (Å²) in [6.45, 7) is 13.7. The Balaban J connectivity index is 1.55. The Morgan fingerprint density at radius 2 is 1.80 bits per heavy atom. The van der Waals surface area contributed by atoms with Crippen molar-refractivity contribution >= 4 is 35.5 Å². The monoisotopic (exact) mass is 628 g/mol. The lowest BCUT2D eigenvalue weighted by Crippen LogP contribution is -2.61. The molecule has 4 amide bonds. The van der Waals surface area contributed by atoms with Crippen molar-refractivity contribution in [3.63, 3.8) is 0 Å². The lowest BCUT2D eigenvalue weighted by atomic mass is 9.77. The molecule has 1 aromatic carbocycles. The molecule has 3 aliphatic rings.